The fourth-order valence-corrected chi connectivity index (χ4v) is 4.67. The van der Waals surface area contributed by atoms with Gasteiger partial charge in [0.15, 0.2) is 0 Å². The molecule has 3 aromatic carbocycles. The second-order valence-electron chi connectivity index (χ2n) is 7.96. The SMILES string of the molecule is Cc1n[nH]c2cc(OCCNC[C@H](O)c3cccc(NS(=O)(=O)c4cccc(C#N)c4)c3)ccc12. The Morgan fingerprint density at radius 3 is 2.80 bits per heavy atom. The molecule has 0 saturated heterocycles. The molecule has 0 aliphatic heterocycles. The molecule has 0 fully saturated rings. The lowest BCUT2D eigenvalue weighted by Crippen LogP contribution is -2.26. The summed E-state index contributed by atoms with van der Waals surface area (Å²) in [4.78, 5) is -0.00835. The van der Waals surface area contributed by atoms with Crippen molar-refractivity contribution in [1.29, 1.82) is 5.26 Å². The molecule has 0 aliphatic carbocycles. The number of nitriles is 1. The van der Waals surface area contributed by atoms with E-state index in [2.05, 4.69) is 20.2 Å². The van der Waals surface area contributed by atoms with Crippen molar-refractivity contribution >= 4 is 26.6 Å². The molecule has 1 aromatic heterocycles. The van der Waals surface area contributed by atoms with Crippen LogP contribution in [0.3, 0.4) is 0 Å². The van der Waals surface area contributed by atoms with Crippen molar-refractivity contribution in [3.8, 4) is 11.8 Å². The first kappa shape index (κ1) is 24.2. The van der Waals surface area contributed by atoms with Gasteiger partial charge in [-0.25, -0.2) is 8.42 Å². The van der Waals surface area contributed by atoms with Crippen molar-refractivity contribution in [2.45, 2.75) is 17.9 Å². The molecule has 35 heavy (non-hydrogen) atoms. The van der Waals surface area contributed by atoms with Crippen LogP contribution >= 0.6 is 0 Å². The quantitative estimate of drug-likeness (QED) is 0.250. The van der Waals surface area contributed by atoms with E-state index in [0.717, 1.165) is 22.3 Å². The molecule has 10 heteroatoms. The van der Waals surface area contributed by atoms with Gasteiger partial charge in [-0.05, 0) is 55.0 Å². The van der Waals surface area contributed by atoms with Gasteiger partial charge in [-0.2, -0.15) is 10.4 Å². The summed E-state index contributed by atoms with van der Waals surface area (Å²) in [6.45, 7) is 3.13. The molecule has 1 atom stereocenters. The highest BCUT2D eigenvalue weighted by Crippen LogP contribution is 2.22. The Kier molecular flexibility index (Phi) is 7.31. The van der Waals surface area contributed by atoms with Crippen LogP contribution < -0.4 is 14.8 Å². The molecule has 0 radical (unpaired) electrons. The van der Waals surface area contributed by atoms with Crippen LogP contribution in [0.25, 0.3) is 10.9 Å². The van der Waals surface area contributed by atoms with E-state index >= 15 is 0 Å². The van der Waals surface area contributed by atoms with Crippen LogP contribution in [0.1, 0.15) is 22.9 Å². The van der Waals surface area contributed by atoms with E-state index in [1.54, 1.807) is 24.3 Å². The first-order valence-corrected chi connectivity index (χ1v) is 12.4. The van der Waals surface area contributed by atoms with Crippen molar-refractivity contribution in [3.05, 3.63) is 83.6 Å². The first-order valence-electron chi connectivity index (χ1n) is 10.9. The zero-order valence-corrected chi connectivity index (χ0v) is 19.8. The highest BCUT2D eigenvalue weighted by atomic mass is 32.2. The number of aryl methyl sites for hydroxylation is 1. The maximum absolute atomic E-state index is 12.7. The minimum atomic E-state index is -3.87. The summed E-state index contributed by atoms with van der Waals surface area (Å²) in [5, 5.41) is 30.9. The zero-order valence-electron chi connectivity index (χ0n) is 19.0. The molecule has 4 aromatic rings. The summed E-state index contributed by atoms with van der Waals surface area (Å²) in [5.74, 6) is 0.726. The second-order valence-corrected chi connectivity index (χ2v) is 9.64. The van der Waals surface area contributed by atoms with Gasteiger partial charge in [0, 0.05) is 30.2 Å². The number of aromatic amines is 1. The van der Waals surface area contributed by atoms with Gasteiger partial charge in [-0.15, -0.1) is 0 Å². The molecule has 0 amide bonds. The number of benzene rings is 3. The number of anilines is 1. The molecular weight excluding hydrogens is 466 g/mol. The molecule has 4 N–H and O–H groups in total. The molecule has 0 saturated carbocycles. The lowest BCUT2D eigenvalue weighted by molar-refractivity contribution is 0.172. The lowest BCUT2D eigenvalue weighted by Gasteiger charge is -2.15. The Balaban J connectivity index is 1.28. The topological polar surface area (TPSA) is 140 Å². The molecule has 0 aliphatic rings. The molecule has 0 unspecified atom stereocenters. The molecule has 180 valence electrons. The van der Waals surface area contributed by atoms with Crippen LogP contribution in [0.2, 0.25) is 0 Å². The number of sulfonamides is 1. The van der Waals surface area contributed by atoms with Crippen LogP contribution in [0.15, 0.2) is 71.6 Å². The number of aromatic nitrogens is 2. The summed E-state index contributed by atoms with van der Waals surface area (Å²) >= 11 is 0. The number of ether oxygens (including phenoxy) is 1. The van der Waals surface area contributed by atoms with E-state index in [9.17, 15) is 13.5 Å². The predicted molar refractivity (Wildman–Crippen MR) is 133 cm³/mol. The number of aliphatic hydroxyl groups excluding tert-OH is 1. The van der Waals surface area contributed by atoms with E-state index < -0.39 is 16.1 Å². The maximum Gasteiger partial charge on any atom is 0.261 e. The van der Waals surface area contributed by atoms with E-state index in [1.165, 1.54) is 24.3 Å². The first-order chi connectivity index (χ1) is 16.9. The van der Waals surface area contributed by atoms with Gasteiger partial charge in [0.2, 0.25) is 0 Å². The van der Waals surface area contributed by atoms with Crippen molar-refractivity contribution in [2.75, 3.05) is 24.4 Å². The fraction of sp³-hybridized carbons (Fsp3) is 0.200. The number of fused-ring (bicyclic) bond motifs is 1. The average Bonchev–Trinajstić information content (AvgIpc) is 3.23. The lowest BCUT2D eigenvalue weighted by atomic mass is 10.1. The van der Waals surface area contributed by atoms with Crippen molar-refractivity contribution in [2.24, 2.45) is 0 Å². The highest BCUT2D eigenvalue weighted by Gasteiger charge is 2.16. The van der Waals surface area contributed by atoms with Crippen LogP contribution in [-0.2, 0) is 10.0 Å². The van der Waals surface area contributed by atoms with Gasteiger partial charge < -0.3 is 15.2 Å². The number of hydrogen-bond donors (Lipinski definition) is 4. The Labute approximate surface area is 203 Å². The third kappa shape index (κ3) is 5.96. The minimum absolute atomic E-state index is 0.00835. The summed E-state index contributed by atoms with van der Waals surface area (Å²) in [7, 11) is -3.87. The van der Waals surface area contributed by atoms with Gasteiger partial charge in [0.1, 0.15) is 12.4 Å². The summed E-state index contributed by atoms with van der Waals surface area (Å²) in [6.07, 6.45) is -0.842. The van der Waals surface area contributed by atoms with Crippen molar-refractivity contribution < 1.29 is 18.3 Å². The third-order valence-electron chi connectivity index (χ3n) is 5.41. The molecular formula is C25H25N5O4S. The molecule has 0 bridgehead atoms. The highest BCUT2D eigenvalue weighted by molar-refractivity contribution is 7.92. The Morgan fingerprint density at radius 1 is 1.14 bits per heavy atom. The number of rotatable bonds is 10. The molecule has 0 spiro atoms. The Hall–Kier alpha value is -3.91. The molecule has 4 rings (SSSR count). The predicted octanol–water partition coefficient (Wildman–Crippen LogP) is 3.25. The summed E-state index contributed by atoms with van der Waals surface area (Å²) in [5.41, 5.74) is 2.98. The summed E-state index contributed by atoms with van der Waals surface area (Å²) in [6, 6.07) is 20.0. The van der Waals surface area contributed by atoms with E-state index in [1.807, 2.05) is 31.2 Å². The monoisotopic (exact) mass is 491 g/mol. The Bertz CT molecular complexity index is 1480. The molecule has 9 nitrogen and oxygen atoms in total. The van der Waals surface area contributed by atoms with Gasteiger partial charge in [0.25, 0.3) is 10.0 Å². The van der Waals surface area contributed by atoms with Gasteiger partial charge in [-0.3, -0.25) is 9.82 Å². The van der Waals surface area contributed by atoms with Crippen LogP contribution in [0, 0.1) is 18.3 Å². The standard InChI is InChI=1S/C25H25N5O4S/c1-17-23-9-8-21(14-24(23)29-28-17)34-11-10-27-16-25(31)19-5-3-6-20(13-19)30-35(32,33)22-7-2-4-18(12-22)15-26/h2-9,12-14,25,27,30-31H,10-11,16H2,1H3,(H,28,29)/t25-/m0/s1. The van der Waals surface area contributed by atoms with Gasteiger partial charge in [0.05, 0.1) is 33.8 Å². The normalized spacial score (nSPS) is 12.3. The molecule has 1 heterocycles. The van der Waals surface area contributed by atoms with E-state index in [-0.39, 0.29) is 17.0 Å². The minimum Gasteiger partial charge on any atom is -0.492 e. The van der Waals surface area contributed by atoms with Crippen LogP contribution in [-0.4, -0.2) is 43.4 Å². The van der Waals surface area contributed by atoms with Gasteiger partial charge >= 0.3 is 0 Å². The zero-order chi connectivity index (χ0) is 24.8. The van der Waals surface area contributed by atoms with Crippen LogP contribution in [0.4, 0.5) is 5.69 Å². The van der Waals surface area contributed by atoms with Crippen molar-refractivity contribution in [3.63, 3.8) is 0 Å². The number of hydrogen-bond acceptors (Lipinski definition) is 7. The largest absolute Gasteiger partial charge is 0.492 e. The number of nitrogens with one attached hydrogen (secondary N) is 3. The van der Waals surface area contributed by atoms with E-state index in [0.29, 0.717) is 24.4 Å². The van der Waals surface area contributed by atoms with Crippen LogP contribution in [0.5, 0.6) is 5.75 Å². The van der Waals surface area contributed by atoms with Crippen molar-refractivity contribution in [1.82, 2.24) is 15.5 Å². The smallest absolute Gasteiger partial charge is 0.261 e. The number of aliphatic hydroxyl groups is 1. The third-order valence-corrected chi connectivity index (χ3v) is 6.79. The van der Waals surface area contributed by atoms with E-state index in [4.69, 9.17) is 10.00 Å². The fourth-order valence-electron chi connectivity index (χ4n) is 3.58. The Morgan fingerprint density at radius 2 is 1.97 bits per heavy atom. The van der Waals surface area contributed by atoms with Gasteiger partial charge in [-0.1, -0.05) is 18.2 Å². The summed E-state index contributed by atoms with van der Waals surface area (Å²) < 4.78 is 33.6. The second kappa shape index (κ2) is 10.6. The number of nitrogens with zero attached hydrogens (tertiary/aromatic N) is 2. The average molecular weight is 492 g/mol. The maximum atomic E-state index is 12.7. The number of H-pyrrole nitrogens is 1.